The molecule has 0 heterocycles. The lowest BCUT2D eigenvalue weighted by Crippen LogP contribution is -1.93. The second-order valence-corrected chi connectivity index (χ2v) is 2.44. The molecule has 0 saturated carbocycles. The molecule has 1 rings (SSSR count). The molecule has 5 heteroatoms. The van der Waals surface area contributed by atoms with Gasteiger partial charge in [-0.1, -0.05) is 18.6 Å². The molecule has 14 heavy (non-hydrogen) atoms. The van der Waals surface area contributed by atoms with E-state index in [0.717, 1.165) is 6.07 Å². The van der Waals surface area contributed by atoms with Crippen LogP contribution in [0.25, 0.3) is 10.4 Å². The standard InChI is InChI=1S/C8H7F2N3.CH4/c9-7-2-1-6(8(10)5-7)3-4-12-13-11;/h1-2,5H,3-4H2;1H4. The molecule has 0 amide bonds. The van der Waals surface area contributed by atoms with Gasteiger partial charge in [-0.3, -0.25) is 0 Å². The fourth-order valence-electron chi connectivity index (χ4n) is 0.940. The summed E-state index contributed by atoms with van der Waals surface area (Å²) in [5, 5.41) is 3.25. The highest BCUT2D eigenvalue weighted by molar-refractivity contribution is 5.18. The average Bonchev–Trinajstić information content (AvgIpc) is 2.09. The van der Waals surface area contributed by atoms with Crippen LogP contribution in [-0.2, 0) is 6.42 Å². The van der Waals surface area contributed by atoms with E-state index >= 15 is 0 Å². The summed E-state index contributed by atoms with van der Waals surface area (Å²) in [6.45, 7) is 0.180. The van der Waals surface area contributed by atoms with Crippen molar-refractivity contribution >= 4 is 0 Å². The van der Waals surface area contributed by atoms with Crippen molar-refractivity contribution in [1.29, 1.82) is 0 Å². The zero-order valence-electron chi connectivity index (χ0n) is 6.74. The lowest BCUT2D eigenvalue weighted by molar-refractivity contribution is 0.572. The molecule has 3 nitrogen and oxygen atoms in total. The van der Waals surface area contributed by atoms with Crippen LogP contribution in [0.1, 0.15) is 13.0 Å². The van der Waals surface area contributed by atoms with Gasteiger partial charge in [0.1, 0.15) is 11.6 Å². The molecular weight excluding hydrogens is 188 g/mol. The molecule has 0 bridgehead atoms. The van der Waals surface area contributed by atoms with Gasteiger partial charge in [-0.2, -0.15) is 0 Å². The number of nitrogens with zero attached hydrogens (tertiary/aromatic N) is 3. The molecule has 0 aliphatic heterocycles. The second kappa shape index (κ2) is 5.94. The van der Waals surface area contributed by atoms with Crippen molar-refractivity contribution < 1.29 is 8.78 Å². The van der Waals surface area contributed by atoms with E-state index < -0.39 is 11.6 Å². The lowest BCUT2D eigenvalue weighted by Gasteiger charge is -1.99. The highest BCUT2D eigenvalue weighted by Gasteiger charge is 2.01. The van der Waals surface area contributed by atoms with Crippen LogP contribution >= 0.6 is 0 Å². The summed E-state index contributed by atoms with van der Waals surface area (Å²) < 4.78 is 25.3. The summed E-state index contributed by atoms with van der Waals surface area (Å²) in [7, 11) is 0. The van der Waals surface area contributed by atoms with Crippen molar-refractivity contribution in [3.8, 4) is 0 Å². The molecular formula is C9H11F2N3. The Morgan fingerprint density at radius 2 is 2.07 bits per heavy atom. The van der Waals surface area contributed by atoms with Gasteiger partial charge < -0.3 is 0 Å². The first kappa shape index (κ1) is 12.4. The van der Waals surface area contributed by atoms with Gasteiger partial charge in [0.05, 0.1) is 0 Å². The smallest absolute Gasteiger partial charge is 0.129 e. The van der Waals surface area contributed by atoms with Gasteiger partial charge in [-0.15, -0.1) is 0 Å². The summed E-state index contributed by atoms with van der Waals surface area (Å²) in [6.07, 6.45) is 0.288. The summed E-state index contributed by atoms with van der Waals surface area (Å²) in [6, 6.07) is 3.33. The molecule has 76 valence electrons. The Morgan fingerprint density at radius 3 is 2.64 bits per heavy atom. The van der Waals surface area contributed by atoms with Crippen LogP contribution in [0.5, 0.6) is 0 Å². The molecule has 0 aliphatic rings. The fourth-order valence-corrected chi connectivity index (χ4v) is 0.940. The van der Waals surface area contributed by atoms with Crippen molar-refractivity contribution in [2.24, 2.45) is 5.11 Å². The molecule has 0 aromatic heterocycles. The predicted octanol–water partition coefficient (Wildman–Crippen LogP) is 3.45. The third-order valence-corrected chi connectivity index (χ3v) is 1.56. The van der Waals surface area contributed by atoms with E-state index in [-0.39, 0.29) is 20.4 Å². The van der Waals surface area contributed by atoms with Gasteiger partial charge in [-0.05, 0) is 23.6 Å². The van der Waals surface area contributed by atoms with E-state index in [2.05, 4.69) is 10.0 Å². The van der Waals surface area contributed by atoms with Crippen molar-refractivity contribution in [2.75, 3.05) is 6.54 Å². The van der Waals surface area contributed by atoms with Crippen LogP contribution in [0.4, 0.5) is 8.78 Å². The monoisotopic (exact) mass is 199 g/mol. The molecule has 0 N–H and O–H groups in total. The van der Waals surface area contributed by atoms with Crippen LogP contribution < -0.4 is 0 Å². The number of hydrogen-bond donors (Lipinski definition) is 0. The van der Waals surface area contributed by atoms with Crippen LogP contribution in [-0.4, -0.2) is 6.54 Å². The molecule has 0 saturated heterocycles. The Bertz CT molecular complexity index is 346. The Labute approximate surface area is 81.0 Å². The van der Waals surface area contributed by atoms with Gasteiger partial charge in [0.25, 0.3) is 0 Å². The number of benzene rings is 1. The number of azide groups is 1. The molecule has 0 unspecified atom stereocenters. The second-order valence-electron chi connectivity index (χ2n) is 2.44. The van der Waals surface area contributed by atoms with E-state index in [0.29, 0.717) is 5.56 Å². The number of rotatable bonds is 3. The molecule has 0 fully saturated rings. The van der Waals surface area contributed by atoms with Crippen LogP contribution in [0.15, 0.2) is 23.3 Å². The van der Waals surface area contributed by atoms with Gasteiger partial charge in [0.15, 0.2) is 0 Å². The number of halogens is 2. The molecule has 0 atom stereocenters. The Morgan fingerprint density at radius 1 is 1.36 bits per heavy atom. The molecule has 1 aromatic carbocycles. The fraction of sp³-hybridized carbons (Fsp3) is 0.333. The third-order valence-electron chi connectivity index (χ3n) is 1.56. The quantitative estimate of drug-likeness (QED) is 0.406. The summed E-state index contributed by atoms with van der Waals surface area (Å²) >= 11 is 0. The van der Waals surface area contributed by atoms with Crippen molar-refractivity contribution in [1.82, 2.24) is 0 Å². The van der Waals surface area contributed by atoms with E-state index in [4.69, 9.17) is 5.53 Å². The Hall–Kier alpha value is -1.61. The van der Waals surface area contributed by atoms with Crippen molar-refractivity contribution in [3.63, 3.8) is 0 Å². The first-order valence-electron chi connectivity index (χ1n) is 3.69. The van der Waals surface area contributed by atoms with Gasteiger partial charge in [0, 0.05) is 17.5 Å². The molecule has 1 aromatic rings. The summed E-state index contributed by atoms with van der Waals surface area (Å²) in [5.41, 5.74) is 8.32. The minimum Gasteiger partial charge on any atom is -0.207 e. The normalized spacial score (nSPS) is 8.71. The van der Waals surface area contributed by atoms with Gasteiger partial charge in [0.2, 0.25) is 0 Å². The summed E-state index contributed by atoms with van der Waals surface area (Å²) in [4.78, 5) is 2.53. The first-order valence-corrected chi connectivity index (χ1v) is 3.69. The zero-order chi connectivity index (χ0) is 9.68. The van der Waals surface area contributed by atoms with Gasteiger partial charge in [-0.25, -0.2) is 8.78 Å². The van der Waals surface area contributed by atoms with Crippen molar-refractivity contribution in [3.05, 3.63) is 45.8 Å². The Kier molecular flexibility index (Phi) is 5.26. The highest BCUT2D eigenvalue weighted by atomic mass is 19.1. The zero-order valence-corrected chi connectivity index (χ0v) is 6.74. The maximum atomic E-state index is 12.9. The molecule has 0 radical (unpaired) electrons. The maximum Gasteiger partial charge on any atom is 0.129 e. The number of hydrogen-bond acceptors (Lipinski definition) is 1. The summed E-state index contributed by atoms with van der Waals surface area (Å²) in [5.74, 6) is -1.21. The van der Waals surface area contributed by atoms with Gasteiger partial charge >= 0.3 is 0 Å². The van der Waals surface area contributed by atoms with Crippen molar-refractivity contribution in [2.45, 2.75) is 13.8 Å². The van der Waals surface area contributed by atoms with Crippen LogP contribution in [0.2, 0.25) is 0 Å². The molecule has 0 spiro atoms. The first-order chi connectivity index (χ1) is 6.24. The topological polar surface area (TPSA) is 48.8 Å². The van der Waals surface area contributed by atoms with E-state index in [1.54, 1.807) is 0 Å². The minimum absolute atomic E-state index is 0. The van der Waals surface area contributed by atoms with E-state index in [1.165, 1.54) is 12.1 Å². The lowest BCUT2D eigenvalue weighted by atomic mass is 10.1. The maximum absolute atomic E-state index is 12.9. The predicted molar refractivity (Wildman–Crippen MR) is 50.8 cm³/mol. The van der Waals surface area contributed by atoms with Crippen LogP contribution in [0, 0.1) is 11.6 Å². The SMILES string of the molecule is C.[N-]=[N+]=NCCc1ccc(F)cc1F. The highest BCUT2D eigenvalue weighted by Crippen LogP contribution is 2.09. The third kappa shape index (κ3) is 3.41. The molecule has 0 aliphatic carbocycles. The Balaban J connectivity index is 0.00000169. The van der Waals surface area contributed by atoms with Crippen LogP contribution in [0.3, 0.4) is 0 Å². The average molecular weight is 199 g/mol. The van der Waals surface area contributed by atoms with E-state index in [9.17, 15) is 8.78 Å². The largest absolute Gasteiger partial charge is 0.207 e. The van der Waals surface area contributed by atoms with E-state index in [1.807, 2.05) is 0 Å². The minimum atomic E-state index is -0.606.